The van der Waals surface area contributed by atoms with Crippen LogP contribution in [0.25, 0.3) is 0 Å². The summed E-state index contributed by atoms with van der Waals surface area (Å²) < 4.78 is 7.98. The van der Waals surface area contributed by atoms with E-state index >= 15 is 0 Å². The summed E-state index contributed by atoms with van der Waals surface area (Å²) in [4.78, 5) is 45.7. The molecule has 2 aliphatic rings. The molecular weight excluding hydrogens is 466 g/mol. The van der Waals surface area contributed by atoms with E-state index in [1.807, 2.05) is 25.7 Å². The minimum Gasteiger partial charge on any atom is -0.465 e. The second-order valence-corrected chi connectivity index (χ2v) is 17.1. The van der Waals surface area contributed by atoms with E-state index in [1.165, 1.54) is 0 Å². The fraction of sp³-hybridized carbons (Fsp3) is 0.750. The second kappa shape index (κ2) is 9.57. The SMILES string of the molecule is CC(C)(C)[C@@H](NC(=O)O)C(=O)N1CCC(N2Cc3cnc(CO[Si](C)(C)C(C)(C)C)n3C2=O)CC1. The van der Waals surface area contributed by atoms with Crippen molar-refractivity contribution in [2.24, 2.45) is 5.41 Å². The van der Waals surface area contributed by atoms with Crippen LogP contribution >= 0.6 is 0 Å². The quantitative estimate of drug-likeness (QED) is 0.565. The number of hydrogen-bond donors (Lipinski definition) is 2. The zero-order valence-electron chi connectivity index (χ0n) is 22.3. The first-order valence-corrected chi connectivity index (χ1v) is 15.2. The highest BCUT2D eigenvalue weighted by Gasteiger charge is 2.41. The Bertz CT molecular complexity index is 970. The summed E-state index contributed by atoms with van der Waals surface area (Å²) >= 11 is 0. The molecule has 1 saturated heterocycles. The largest absolute Gasteiger partial charge is 0.465 e. The number of carboxylic acid groups (broad SMARTS) is 1. The maximum absolute atomic E-state index is 13.3. The fourth-order valence-electron chi connectivity index (χ4n) is 4.35. The molecule has 11 heteroatoms. The molecule has 1 aromatic heterocycles. The standard InChI is InChI=1S/C24H41N5O5Si/c1-23(2,3)19(26-21(31)32)20(30)27-11-9-16(10-12-27)28-14-17-13-25-18(29(17)22(28)33)15-34-35(7,8)24(4,5)6/h13,16,19,26H,9-12,14-15H2,1-8H3,(H,31,32)/t19-/m0/s1. The highest BCUT2D eigenvalue weighted by atomic mass is 28.4. The molecule has 1 atom stereocenters. The normalized spacial score (nSPS) is 18.6. The topological polar surface area (TPSA) is 117 Å². The van der Waals surface area contributed by atoms with Gasteiger partial charge in [-0.05, 0) is 36.4 Å². The summed E-state index contributed by atoms with van der Waals surface area (Å²) in [6.07, 6.45) is 1.84. The van der Waals surface area contributed by atoms with Crippen molar-refractivity contribution >= 4 is 26.3 Å². The average molecular weight is 508 g/mol. The van der Waals surface area contributed by atoms with E-state index in [1.54, 1.807) is 15.7 Å². The van der Waals surface area contributed by atoms with Gasteiger partial charge in [0.2, 0.25) is 5.91 Å². The van der Waals surface area contributed by atoms with Crippen molar-refractivity contribution in [2.75, 3.05) is 13.1 Å². The molecule has 1 aromatic rings. The van der Waals surface area contributed by atoms with Crippen molar-refractivity contribution in [3.8, 4) is 0 Å². The zero-order valence-corrected chi connectivity index (χ0v) is 23.3. The van der Waals surface area contributed by atoms with Crippen LogP contribution in [0.1, 0.15) is 65.9 Å². The van der Waals surface area contributed by atoms with Gasteiger partial charge in [0.15, 0.2) is 8.32 Å². The molecule has 2 N–H and O–H groups in total. The Morgan fingerprint density at radius 1 is 1.20 bits per heavy atom. The van der Waals surface area contributed by atoms with Gasteiger partial charge in [-0.2, -0.15) is 0 Å². The highest BCUT2D eigenvalue weighted by Crippen LogP contribution is 2.37. The first-order valence-electron chi connectivity index (χ1n) is 12.3. The molecule has 0 radical (unpaired) electrons. The van der Waals surface area contributed by atoms with Gasteiger partial charge in [0.05, 0.1) is 25.0 Å². The zero-order chi connectivity index (χ0) is 26.3. The van der Waals surface area contributed by atoms with Gasteiger partial charge in [-0.25, -0.2) is 19.1 Å². The van der Waals surface area contributed by atoms with Crippen LogP contribution in [0.15, 0.2) is 6.20 Å². The Balaban J connectivity index is 1.62. The lowest BCUT2D eigenvalue weighted by Gasteiger charge is -2.39. The summed E-state index contributed by atoms with van der Waals surface area (Å²) in [5.41, 5.74) is 0.317. The maximum Gasteiger partial charge on any atom is 0.405 e. The summed E-state index contributed by atoms with van der Waals surface area (Å²) in [6.45, 7) is 18.2. The number of carbonyl (C=O) groups excluding carboxylic acids is 2. The van der Waals surface area contributed by atoms with E-state index in [0.717, 1.165) is 5.69 Å². The molecule has 1 fully saturated rings. The number of hydrogen-bond acceptors (Lipinski definition) is 5. The van der Waals surface area contributed by atoms with E-state index in [4.69, 9.17) is 4.43 Å². The van der Waals surface area contributed by atoms with Gasteiger partial charge in [0.1, 0.15) is 11.9 Å². The Labute approximate surface area is 209 Å². The molecule has 0 spiro atoms. The van der Waals surface area contributed by atoms with E-state index in [0.29, 0.717) is 44.9 Å². The van der Waals surface area contributed by atoms with Gasteiger partial charge in [-0.3, -0.25) is 4.79 Å². The van der Waals surface area contributed by atoms with Crippen molar-refractivity contribution in [1.29, 1.82) is 0 Å². The summed E-state index contributed by atoms with van der Waals surface area (Å²) in [6, 6.07) is -0.891. The molecule has 35 heavy (non-hydrogen) atoms. The van der Waals surface area contributed by atoms with Crippen molar-refractivity contribution in [1.82, 2.24) is 24.7 Å². The van der Waals surface area contributed by atoms with Gasteiger partial charge >= 0.3 is 12.1 Å². The molecular formula is C24H41N5O5Si. The van der Waals surface area contributed by atoms with Crippen LogP contribution in [-0.4, -0.2) is 76.0 Å². The van der Waals surface area contributed by atoms with E-state index in [2.05, 4.69) is 44.2 Å². The van der Waals surface area contributed by atoms with Gasteiger partial charge in [-0.1, -0.05) is 41.5 Å². The van der Waals surface area contributed by atoms with E-state index in [9.17, 15) is 19.5 Å². The molecule has 0 aliphatic carbocycles. The van der Waals surface area contributed by atoms with Gasteiger partial charge in [-0.15, -0.1) is 0 Å². The number of carbonyl (C=O) groups is 3. The third-order valence-corrected chi connectivity index (χ3v) is 12.1. The van der Waals surface area contributed by atoms with Crippen LogP contribution < -0.4 is 5.32 Å². The van der Waals surface area contributed by atoms with Crippen molar-refractivity contribution < 1.29 is 23.9 Å². The number of piperidine rings is 1. The number of fused-ring (bicyclic) bond motifs is 1. The van der Waals surface area contributed by atoms with Gasteiger partial charge in [0.25, 0.3) is 0 Å². The van der Waals surface area contributed by atoms with Crippen LogP contribution in [0.3, 0.4) is 0 Å². The summed E-state index contributed by atoms with van der Waals surface area (Å²) in [5.74, 6) is 0.421. The predicted octanol–water partition coefficient (Wildman–Crippen LogP) is 3.86. The lowest BCUT2D eigenvalue weighted by atomic mass is 9.85. The van der Waals surface area contributed by atoms with E-state index < -0.39 is 25.9 Å². The number of likely N-dealkylation sites (tertiary alicyclic amines) is 1. The molecule has 3 rings (SSSR count). The Hall–Kier alpha value is -2.40. The monoisotopic (exact) mass is 507 g/mol. The molecule has 10 nitrogen and oxygen atoms in total. The molecule has 0 bridgehead atoms. The Morgan fingerprint density at radius 2 is 1.80 bits per heavy atom. The molecule has 0 saturated carbocycles. The van der Waals surface area contributed by atoms with Crippen LogP contribution in [0, 0.1) is 5.41 Å². The molecule has 196 valence electrons. The molecule has 3 amide bonds. The number of nitrogens with zero attached hydrogens (tertiary/aromatic N) is 4. The highest BCUT2D eigenvalue weighted by molar-refractivity contribution is 6.74. The first-order chi connectivity index (χ1) is 16.0. The van der Waals surface area contributed by atoms with Crippen LogP contribution in [0.5, 0.6) is 0 Å². The second-order valence-electron chi connectivity index (χ2n) is 12.3. The van der Waals surface area contributed by atoms with Crippen molar-refractivity contribution in [2.45, 2.75) is 97.8 Å². The van der Waals surface area contributed by atoms with Crippen LogP contribution in [0.4, 0.5) is 9.59 Å². The minimum atomic E-state index is -1.97. The summed E-state index contributed by atoms with van der Waals surface area (Å²) in [5, 5.41) is 11.6. The Morgan fingerprint density at radius 3 is 2.31 bits per heavy atom. The number of amides is 3. The molecule has 0 unspecified atom stereocenters. The van der Waals surface area contributed by atoms with E-state index in [-0.39, 0.29) is 23.0 Å². The third kappa shape index (κ3) is 5.71. The predicted molar refractivity (Wildman–Crippen MR) is 135 cm³/mol. The average Bonchev–Trinajstić information content (AvgIpc) is 3.28. The van der Waals surface area contributed by atoms with Crippen LogP contribution in [-0.2, 0) is 22.4 Å². The van der Waals surface area contributed by atoms with Gasteiger partial charge < -0.3 is 24.6 Å². The lowest BCUT2D eigenvalue weighted by molar-refractivity contribution is -0.137. The van der Waals surface area contributed by atoms with Crippen molar-refractivity contribution in [3.05, 3.63) is 17.7 Å². The van der Waals surface area contributed by atoms with Crippen molar-refractivity contribution in [3.63, 3.8) is 0 Å². The maximum atomic E-state index is 13.3. The van der Waals surface area contributed by atoms with Gasteiger partial charge in [0, 0.05) is 19.1 Å². The smallest absolute Gasteiger partial charge is 0.405 e. The molecule has 0 aromatic carbocycles. The Kier molecular flexibility index (Phi) is 7.43. The fourth-order valence-corrected chi connectivity index (χ4v) is 5.27. The minimum absolute atomic E-state index is 0.0149. The molecule has 2 aliphatic heterocycles. The first kappa shape index (κ1) is 27.2. The molecule has 3 heterocycles. The van der Waals surface area contributed by atoms with Crippen LogP contribution in [0.2, 0.25) is 18.1 Å². The number of aromatic nitrogens is 2. The summed E-state index contributed by atoms with van der Waals surface area (Å²) in [7, 11) is -1.97. The lowest BCUT2D eigenvalue weighted by Crippen LogP contribution is -2.57. The number of rotatable bonds is 6. The number of nitrogens with one attached hydrogen (secondary N) is 1. The number of imidazole rings is 1. The third-order valence-electron chi connectivity index (χ3n) is 7.64.